The zero-order chi connectivity index (χ0) is 2.00. The Balaban J connectivity index is -0.00000000500. The minimum atomic E-state index is 0. The van der Waals surface area contributed by atoms with Crippen LogP contribution in [0.25, 0.3) is 0 Å². The zero-order valence-electron chi connectivity index (χ0n) is 2.23. The third kappa shape index (κ3) is 50.7. The topological polar surface area (TPSA) is 113 Å². The summed E-state index contributed by atoms with van der Waals surface area (Å²) in [7, 11) is 0. The minimum absolute atomic E-state index is 0. The van der Waals surface area contributed by atoms with Crippen LogP contribution in [0.4, 0.5) is 0 Å². The maximum atomic E-state index is 6.50. The molecule has 0 spiro atoms. The summed E-state index contributed by atoms with van der Waals surface area (Å²) in [5.41, 5.74) is 0. The first-order valence-corrected chi connectivity index (χ1v) is 0.258. The third-order valence-corrected chi connectivity index (χ3v) is 0. The molecule has 0 fully saturated rings. The Labute approximate surface area is 24.1 Å². The molecule has 8 N–H and O–H groups in total. The Morgan fingerprint density at radius 1 is 1.25 bits per heavy atom. The largest absolute Gasteiger partial charge is 0.412 e. The Hall–Kier alpha value is -0.160. The van der Waals surface area contributed by atoms with Crippen molar-refractivity contribution in [3.63, 3.8) is 0 Å². The van der Waals surface area contributed by atoms with Gasteiger partial charge in [-0.1, -0.05) is 0 Å². The van der Waals surface area contributed by atoms with Crippen molar-refractivity contribution in [2.45, 2.75) is 0 Å². The summed E-state index contributed by atoms with van der Waals surface area (Å²) >= 11 is 0. The quantitative estimate of drug-likeness (QED) is 0.305. The second kappa shape index (κ2) is 376. The standard InChI is InChI=1S/H3NO.H3N.H2O/c1-2;;/h2H,1H2;1H3;1H2. The molecule has 0 aliphatic carbocycles. The highest BCUT2D eigenvalue weighted by Gasteiger charge is 0.732. The van der Waals surface area contributed by atoms with E-state index in [4.69, 9.17) is 5.21 Å². The van der Waals surface area contributed by atoms with Crippen molar-refractivity contribution in [3.8, 4) is 0 Å². The lowest BCUT2D eigenvalue weighted by molar-refractivity contribution is 0.311. The first-order valence-electron chi connectivity index (χ1n) is 0.258. The van der Waals surface area contributed by atoms with Crippen LogP contribution in [0.1, 0.15) is 0 Å². The summed E-state index contributed by atoms with van der Waals surface area (Å²) in [6.07, 6.45) is 0. The van der Waals surface area contributed by atoms with E-state index in [-0.39, 0.29) is 11.6 Å². The lowest BCUT2D eigenvalue weighted by Crippen LogP contribution is -1.72. The fourth-order valence-corrected chi connectivity index (χ4v) is 0. The van der Waals surface area contributed by atoms with Crippen LogP contribution in [0.15, 0.2) is 0 Å². The van der Waals surface area contributed by atoms with E-state index in [1.165, 1.54) is 0 Å². The molecule has 0 unspecified atom stereocenters. The molecule has 4 nitrogen and oxygen atoms in total. The van der Waals surface area contributed by atoms with Gasteiger partial charge in [-0.25, -0.2) is 5.90 Å². The van der Waals surface area contributed by atoms with Crippen LogP contribution >= 0.6 is 0 Å². The molecular formula is H8N2O2. The average Bonchev–Trinajstić information content (AvgIpc) is 1.00. The van der Waals surface area contributed by atoms with Crippen LogP contribution in [0, 0.1) is 0 Å². The van der Waals surface area contributed by atoms with E-state index in [2.05, 4.69) is 5.90 Å². The van der Waals surface area contributed by atoms with Gasteiger partial charge in [-0.2, -0.15) is 0 Å². The molecular weight excluding hydrogens is 60.0 g/mol. The van der Waals surface area contributed by atoms with E-state index in [9.17, 15) is 0 Å². The van der Waals surface area contributed by atoms with Crippen LogP contribution in [0.3, 0.4) is 0 Å². The summed E-state index contributed by atoms with van der Waals surface area (Å²) in [6, 6.07) is 0. The smallest absolute Gasteiger partial charge is 0.219 e. The molecule has 0 saturated heterocycles. The lowest BCUT2D eigenvalue weighted by Gasteiger charge is -1.27. The minimum Gasteiger partial charge on any atom is -0.412 e. The predicted octanol–water partition coefficient (Wildman–Crippen LogP) is -1.33. The molecule has 0 saturated carbocycles. The molecule has 0 radical (unpaired) electrons. The second-order valence-corrected chi connectivity index (χ2v) is 0. The Bertz CT molecular complexity index is 4.00. The molecule has 4 heavy (non-hydrogen) atoms. The Kier molecular flexibility index (Phi) is 4120. The highest BCUT2D eigenvalue weighted by molar-refractivity contribution is 2.77. The van der Waals surface area contributed by atoms with Crippen molar-refractivity contribution in [1.29, 1.82) is 0 Å². The zero-order valence-corrected chi connectivity index (χ0v) is 2.23. The maximum Gasteiger partial charge on any atom is -0.219 e. The van der Waals surface area contributed by atoms with Gasteiger partial charge in [-0.05, 0) is 0 Å². The van der Waals surface area contributed by atoms with Gasteiger partial charge >= 0.3 is 0 Å². The van der Waals surface area contributed by atoms with E-state index in [0.717, 1.165) is 0 Å². The molecule has 0 aromatic rings. The molecule has 0 aliphatic heterocycles. The average molecular weight is 68.1 g/mol. The first kappa shape index (κ1) is 43.9. The molecule has 0 atom stereocenters. The van der Waals surface area contributed by atoms with Gasteiger partial charge in [0.25, 0.3) is 0 Å². The molecule has 0 heterocycles. The lowest BCUT2D eigenvalue weighted by atomic mass is 13.6. The Morgan fingerprint density at radius 2 is 1.25 bits per heavy atom. The molecule has 0 bridgehead atoms. The van der Waals surface area contributed by atoms with E-state index in [1.807, 2.05) is 0 Å². The number of hydrogen-bond donors (Lipinski definition) is 3. The molecule has 0 aliphatic rings. The van der Waals surface area contributed by atoms with Crippen molar-refractivity contribution in [1.82, 2.24) is 6.15 Å². The van der Waals surface area contributed by atoms with E-state index >= 15 is 0 Å². The molecule has 4 heteroatoms. The SMILES string of the molecule is N.NO.O. The van der Waals surface area contributed by atoms with Crippen LogP contribution in [0.5, 0.6) is 0 Å². The van der Waals surface area contributed by atoms with Crippen LogP contribution in [0.2, 0.25) is 0 Å². The van der Waals surface area contributed by atoms with Crippen molar-refractivity contribution < 1.29 is 10.7 Å². The maximum absolute atomic E-state index is 6.50. The van der Waals surface area contributed by atoms with E-state index < -0.39 is 0 Å². The molecule has 0 aromatic heterocycles. The number of rotatable bonds is 0. The van der Waals surface area contributed by atoms with Crippen molar-refractivity contribution in [2.75, 3.05) is 0 Å². The molecule has 0 aromatic carbocycles. The number of hydrogen-bond acceptors (Lipinski definition) is 3. The van der Waals surface area contributed by atoms with Crippen LogP contribution in [-0.4, -0.2) is 10.7 Å². The summed E-state index contributed by atoms with van der Waals surface area (Å²) in [6.45, 7) is 0. The van der Waals surface area contributed by atoms with Gasteiger partial charge in [0.1, 0.15) is 0 Å². The predicted molar refractivity (Wildman–Crippen MR) is 14.6 cm³/mol. The van der Waals surface area contributed by atoms with Crippen LogP contribution in [-0.2, 0) is 0 Å². The summed E-state index contributed by atoms with van der Waals surface area (Å²) < 4.78 is 0. The highest BCUT2D eigenvalue weighted by Crippen LogP contribution is 0.410. The molecule has 0 amide bonds. The first-order chi connectivity index (χ1) is 1.00. The van der Waals surface area contributed by atoms with Gasteiger partial charge in [0.15, 0.2) is 0 Å². The van der Waals surface area contributed by atoms with Gasteiger partial charge in [0.05, 0.1) is 0 Å². The van der Waals surface area contributed by atoms with Gasteiger partial charge in [-0.15, -0.1) is 0 Å². The highest BCUT2D eigenvalue weighted by atomic mass is 16.4. The van der Waals surface area contributed by atoms with Crippen molar-refractivity contribution >= 4 is 0 Å². The van der Waals surface area contributed by atoms with Crippen molar-refractivity contribution in [2.24, 2.45) is 5.90 Å². The third-order valence-electron chi connectivity index (χ3n) is 0. The fraction of sp³-hybridized carbons (Fsp3) is 0. The number of nitrogens with two attached hydrogens (primary N) is 1. The van der Waals surface area contributed by atoms with Gasteiger partial charge in [0, 0.05) is 0 Å². The summed E-state index contributed by atoms with van der Waals surface area (Å²) in [5, 5.41) is 6.50. The van der Waals surface area contributed by atoms with Gasteiger partial charge in [-0.3, -0.25) is 0 Å². The van der Waals surface area contributed by atoms with Crippen molar-refractivity contribution in [3.05, 3.63) is 0 Å². The van der Waals surface area contributed by atoms with Crippen LogP contribution < -0.4 is 12.0 Å². The summed E-state index contributed by atoms with van der Waals surface area (Å²) in [4.78, 5) is 0. The summed E-state index contributed by atoms with van der Waals surface area (Å²) in [5.74, 6) is 3.50. The van der Waals surface area contributed by atoms with E-state index in [1.54, 1.807) is 0 Å². The van der Waals surface area contributed by atoms with Gasteiger partial charge < -0.3 is 16.8 Å². The van der Waals surface area contributed by atoms with Gasteiger partial charge in [0.2, 0.25) is 0 Å². The molecule has 30 valence electrons. The Morgan fingerprint density at radius 3 is 1.25 bits per heavy atom. The monoisotopic (exact) mass is 68.1 g/mol. The van der Waals surface area contributed by atoms with E-state index in [0.29, 0.717) is 0 Å². The fourth-order valence-electron chi connectivity index (χ4n) is 0. The normalized spacial score (nSPS) is 1.50. The second-order valence-electron chi connectivity index (χ2n) is 0. The molecule has 0 rings (SSSR count).